The van der Waals surface area contributed by atoms with Gasteiger partial charge in [-0.2, -0.15) is 9.97 Å². The summed E-state index contributed by atoms with van der Waals surface area (Å²) in [4.78, 5) is 39.1. The summed E-state index contributed by atoms with van der Waals surface area (Å²) in [6.07, 6.45) is 10.1. The molecule has 4 heterocycles. The summed E-state index contributed by atoms with van der Waals surface area (Å²) in [5, 5.41) is 16.9. The van der Waals surface area contributed by atoms with Gasteiger partial charge in [-0.1, -0.05) is 12.8 Å². The van der Waals surface area contributed by atoms with E-state index < -0.39 is 5.60 Å². The predicted molar refractivity (Wildman–Crippen MR) is 165 cm³/mol. The van der Waals surface area contributed by atoms with Gasteiger partial charge in [-0.3, -0.25) is 9.36 Å². The van der Waals surface area contributed by atoms with Gasteiger partial charge in [0.1, 0.15) is 11.8 Å². The number of carbonyl (C=O) groups is 1. The molecule has 1 saturated carbocycles. The lowest BCUT2D eigenvalue weighted by molar-refractivity contribution is -0.589. The molecule has 2 fully saturated rings. The van der Waals surface area contributed by atoms with Gasteiger partial charge in [-0.15, -0.1) is 0 Å². The number of fused-ring (bicyclic) bond motifs is 1. The zero-order valence-electron chi connectivity index (χ0n) is 25.6. The van der Waals surface area contributed by atoms with E-state index in [0.29, 0.717) is 44.0 Å². The van der Waals surface area contributed by atoms with Crippen LogP contribution in [0, 0.1) is 12.1 Å². The van der Waals surface area contributed by atoms with E-state index >= 15 is 0 Å². The first kappa shape index (κ1) is 30.1. The number of hydrogen-bond donors (Lipinski definition) is 1. The molecule has 2 aliphatic rings. The molecule has 1 aliphatic carbocycles. The molecular weight excluding hydrogens is 550 g/mol. The lowest BCUT2D eigenvalue weighted by Crippen LogP contribution is -2.50. The predicted octanol–water partition coefficient (Wildman–Crippen LogP) is 4.66. The quantitative estimate of drug-likeness (QED) is 0.237. The number of rotatable bonds is 7. The van der Waals surface area contributed by atoms with Crippen molar-refractivity contribution < 1.29 is 19.0 Å². The van der Waals surface area contributed by atoms with E-state index in [1.165, 1.54) is 6.20 Å². The number of nitrogens with zero attached hydrogens (tertiary/aromatic N) is 6. The average molecular weight is 592 g/mol. The van der Waals surface area contributed by atoms with Crippen molar-refractivity contribution in [1.29, 1.82) is 0 Å². The third-order valence-electron chi connectivity index (χ3n) is 7.88. The van der Waals surface area contributed by atoms with Crippen LogP contribution >= 0.6 is 0 Å². The summed E-state index contributed by atoms with van der Waals surface area (Å²) in [6.45, 7) is 12.0. The van der Waals surface area contributed by atoms with Crippen LogP contribution in [-0.4, -0.2) is 63.9 Å². The van der Waals surface area contributed by atoms with Gasteiger partial charge < -0.3 is 24.5 Å². The van der Waals surface area contributed by atoms with Gasteiger partial charge in [-0.05, 0) is 65.2 Å². The van der Waals surface area contributed by atoms with Gasteiger partial charge >= 0.3 is 12.0 Å². The largest absolute Gasteiger partial charge is 0.711 e. The maximum absolute atomic E-state index is 13.7. The molecule has 3 aromatic heterocycles. The summed E-state index contributed by atoms with van der Waals surface area (Å²) in [5.74, 6) is 0.497. The van der Waals surface area contributed by atoms with Crippen molar-refractivity contribution in [2.24, 2.45) is 0 Å². The minimum absolute atomic E-state index is 0.0529. The van der Waals surface area contributed by atoms with Crippen LogP contribution in [0.2, 0.25) is 0 Å². The Kier molecular flexibility index (Phi) is 8.74. The average Bonchev–Trinajstić information content (AvgIpc) is 3.50. The van der Waals surface area contributed by atoms with Crippen LogP contribution in [0.4, 0.5) is 22.2 Å². The molecule has 3 aromatic rings. The second-order valence-electron chi connectivity index (χ2n) is 12.0. The normalized spacial score (nSPS) is 16.3. The second kappa shape index (κ2) is 12.5. The minimum Gasteiger partial charge on any atom is -0.711 e. The highest BCUT2D eigenvalue weighted by Crippen LogP contribution is 2.32. The molecule has 43 heavy (non-hydrogen) atoms. The van der Waals surface area contributed by atoms with Crippen molar-refractivity contribution in [2.45, 2.75) is 71.9 Å². The van der Waals surface area contributed by atoms with E-state index in [1.807, 2.05) is 40.7 Å². The highest BCUT2D eigenvalue weighted by molar-refractivity contribution is 5.83. The van der Waals surface area contributed by atoms with E-state index in [0.717, 1.165) is 47.1 Å². The van der Waals surface area contributed by atoms with Crippen LogP contribution in [0.3, 0.4) is 0 Å². The molecule has 1 amide bonds. The Morgan fingerprint density at radius 2 is 1.91 bits per heavy atom. The molecule has 1 saturated heterocycles. The SMILES string of the molecule is CCO/C=C/c1c(C)c2cnc(Nc3ccc(N4CCN(C(=O)OC(C)(C)C)CC4)c[n+]3[O-])nc2n(C2CCCC2)c1=O. The molecular formula is C31H41N7O5. The number of carbonyl (C=O) groups excluding carboxylic acids is 1. The zero-order chi connectivity index (χ0) is 30.7. The van der Waals surface area contributed by atoms with E-state index in [-0.39, 0.29) is 29.5 Å². The summed E-state index contributed by atoms with van der Waals surface area (Å²) < 4.78 is 13.4. The maximum atomic E-state index is 13.7. The lowest BCUT2D eigenvalue weighted by atomic mass is 10.1. The van der Waals surface area contributed by atoms with Crippen LogP contribution in [0.5, 0.6) is 0 Å². The first-order chi connectivity index (χ1) is 20.6. The van der Waals surface area contributed by atoms with Gasteiger partial charge in [0.25, 0.3) is 11.4 Å². The highest BCUT2D eigenvalue weighted by atomic mass is 16.6. The van der Waals surface area contributed by atoms with Crippen molar-refractivity contribution in [3.05, 3.63) is 57.5 Å². The molecule has 12 nitrogen and oxygen atoms in total. The van der Waals surface area contributed by atoms with Crippen molar-refractivity contribution in [3.63, 3.8) is 0 Å². The number of ether oxygens (including phenoxy) is 2. The molecule has 0 aromatic carbocycles. The number of piperazine rings is 1. The Morgan fingerprint density at radius 1 is 1.19 bits per heavy atom. The van der Waals surface area contributed by atoms with Crippen molar-refractivity contribution in [2.75, 3.05) is 43.0 Å². The fourth-order valence-corrected chi connectivity index (χ4v) is 5.67. The summed E-state index contributed by atoms with van der Waals surface area (Å²) in [6, 6.07) is 3.60. The van der Waals surface area contributed by atoms with Gasteiger partial charge in [-0.25, -0.2) is 14.8 Å². The van der Waals surface area contributed by atoms with Crippen LogP contribution in [0.25, 0.3) is 17.1 Å². The highest BCUT2D eigenvalue weighted by Gasteiger charge is 2.27. The van der Waals surface area contributed by atoms with E-state index in [4.69, 9.17) is 14.5 Å². The second-order valence-corrected chi connectivity index (χ2v) is 12.0. The fraction of sp³-hybridized carbons (Fsp3) is 0.516. The Bertz CT molecular complexity index is 1570. The monoisotopic (exact) mass is 591 g/mol. The molecule has 1 aliphatic heterocycles. The third kappa shape index (κ3) is 6.68. The molecule has 12 heteroatoms. The molecule has 5 rings (SSSR count). The van der Waals surface area contributed by atoms with E-state index in [9.17, 15) is 14.8 Å². The first-order valence-electron chi connectivity index (χ1n) is 15.0. The molecule has 0 bridgehead atoms. The number of anilines is 3. The maximum Gasteiger partial charge on any atom is 0.410 e. The zero-order valence-corrected chi connectivity index (χ0v) is 25.6. The molecule has 230 valence electrons. The molecule has 0 atom stereocenters. The number of amides is 1. The van der Waals surface area contributed by atoms with Gasteiger partial charge in [0.2, 0.25) is 0 Å². The number of aromatic nitrogens is 4. The van der Waals surface area contributed by atoms with Crippen molar-refractivity contribution in [3.8, 4) is 0 Å². The topological polar surface area (TPSA) is 129 Å². The number of pyridine rings is 2. The fourth-order valence-electron chi connectivity index (χ4n) is 5.67. The van der Waals surface area contributed by atoms with Crippen LogP contribution < -0.4 is 20.5 Å². The van der Waals surface area contributed by atoms with Crippen molar-refractivity contribution in [1.82, 2.24) is 19.4 Å². The molecule has 0 spiro atoms. The number of aryl methyl sites for hydroxylation is 1. The van der Waals surface area contributed by atoms with Crippen LogP contribution in [-0.2, 0) is 9.47 Å². The minimum atomic E-state index is -0.545. The first-order valence-corrected chi connectivity index (χ1v) is 15.0. The summed E-state index contributed by atoms with van der Waals surface area (Å²) in [7, 11) is 0. The standard InChI is InChI=1S/C31H41N7O5/c1-6-42-18-13-24-21(2)25-19-32-29(34-27(25)38(28(24)39)22-9-7-8-10-22)33-26-12-11-23(20-37(26)41)35-14-16-36(17-15-35)30(40)43-31(3,4)5/h11-13,18-20,22H,6-10,14-17H2,1-5H3,(H,32,33,34)/b18-13+. The Balaban J connectivity index is 1.37. The molecule has 1 N–H and O–H groups in total. The smallest absolute Gasteiger partial charge is 0.410 e. The molecule has 0 unspecified atom stereocenters. The lowest BCUT2D eigenvalue weighted by Gasteiger charge is -2.36. The summed E-state index contributed by atoms with van der Waals surface area (Å²) >= 11 is 0. The number of nitrogens with one attached hydrogen (secondary N) is 1. The van der Waals surface area contributed by atoms with Gasteiger partial charge in [0.15, 0.2) is 5.65 Å². The van der Waals surface area contributed by atoms with Crippen molar-refractivity contribution >= 4 is 40.7 Å². The Morgan fingerprint density at radius 3 is 2.56 bits per heavy atom. The van der Waals surface area contributed by atoms with E-state index in [2.05, 4.69) is 15.2 Å². The van der Waals surface area contributed by atoms with E-state index in [1.54, 1.807) is 34.1 Å². The Labute approximate surface area is 251 Å². The summed E-state index contributed by atoms with van der Waals surface area (Å²) in [5.41, 5.74) is 2.01. The molecule has 0 radical (unpaired) electrons. The van der Waals surface area contributed by atoms with Gasteiger partial charge in [0.05, 0.1) is 18.6 Å². The Hall–Kier alpha value is -4.35. The number of hydrogen-bond acceptors (Lipinski definition) is 9. The van der Waals surface area contributed by atoms with Crippen LogP contribution in [0.1, 0.15) is 70.5 Å². The van der Waals surface area contributed by atoms with Crippen LogP contribution in [0.15, 0.2) is 35.6 Å². The van der Waals surface area contributed by atoms with Gasteiger partial charge in [0, 0.05) is 55.4 Å². The third-order valence-corrected chi connectivity index (χ3v) is 7.88.